The van der Waals surface area contributed by atoms with E-state index in [2.05, 4.69) is 25.7 Å². The number of benzene rings is 1. The summed E-state index contributed by atoms with van der Waals surface area (Å²) in [5.41, 5.74) is 3.31. The van der Waals surface area contributed by atoms with Crippen LogP contribution in [0.2, 0.25) is 0 Å². The molecule has 2 heterocycles. The highest BCUT2D eigenvalue weighted by atomic mass is 32.2. The van der Waals surface area contributed by atoms with Gasteiger partial charge in [0.25, 0.3) is 0 Å². The third-order valence-electron chi connectivity index (χ3n) is 3.06. The zero-order chi connectivity index (χ0) is 13.1. The zero-order valence-electron chi connectivity index (χ0n) is 10.7. The number of nitrogens with one attached hydrogen (secondary N) is 2. The second-order valence-corrected chi connectivity index (χ2v) is 4.92. The quantitative estimate of drug-likeness (QED) is 0.840. The third kappa shape index (κ3) is 2.49. The molecule has 0 saturated heterocycles. The van der Waals surface area contributed by atoms with E-state index in [-0.39, 0.29) is 0 Å². The molecule has 3 rings (SSSR count). The van der Waals surface area contributed by atoms with Crippen LogP contribution in [-0.4, -0.2) is 29.4 Å². The highest BCUT2D eigenvalue weighted by Crippen LogP contribution is 2.39. The second-order valence-electron chi connectivity index (χ2n) is 4.31. The van der Waals surface area contributed by atoms with E-state index in [9.17, 15) is 0 Å². The predicted molar refractivity (Wildman–Crippen MR) is 78.7 cm³/mol. The monoisotopic (exact) mass is 276 g/mol. The van der Waals surface area contributed by atoms with Gasteiger partial charge in [0, 0.05) is 12.5 Å². The molecule has 100 valence electrons. The van der Waals surface area contributed by atoms with Crippen LogP contribution in [0, 0.1) is 0 Å². The van der Waals surface area contributed by atoms with Gasteiger partial charge in [-0.25, -0.2) is 4.98 Å². The highest BCUT2D eigenvalue weighted by molar-refractivity contribution is 7.99. The summed E-state index contributed by atoms with van der Waals surface area (Å²) in [6.07, 6.45) is 5.59. The van der Waals surface area contributed by atoms with Crippen LogP contribution in [-0.2, 0) is 6.54 Å². The van der Waals surface area contributed by atoms with Gasteiger partial charge in [0.1, 0.15) is 18.0 Å². The predicted octanol–water partition coefficient (Wildman–Crippen LogP) is 2.50. The molecule has 19 heavy (non-hydrogen) atoms. The lowest BCUT2D eigenvalue weighted by Gasteiger charge is -2.32. The smallest absolute Gasteiger partial charge is 0.144 e. The van der Waals surface area contributed by atoms with Gasteiger partial charge in [-0.1, -0.05) is 18.0 Å². The van der Waals surface area contributed by atoms with Crippen molar-refractivity contribution in [2.24, 2.45) is 0 Å². The molecule has 1 aromatic carbocycles. The molecule has 1 aliphatic heterocycles. The summed E-state index contributed by atoms with van der Waals surface area (Å²) in [4.78, 5) is 9.53. The van der Waals surface area contributed by atoms with Gasteiger partial charge in [0.05, 0.1) is 30.8 Å². The maximum Gasteiger partial charge on any atom is 0.144 e. The van der Waals surface area contributed by atoms with Gasteiger partial charge >= 0.3 is 0 Å². The van der Waals surface area contributed by atoms with E-state index in [0.717, 1.165) is 35.9 Å². The molecule has 0 atom stereocenters. The Bertz CT molecular complexity index is 544. The summed E-state index contributed by atoms with van der Waals surface area (Å²) in [6.45, 7) is 2.40. The van der Waals surface area contributed by atoms with Crippen molar-refractivity contribution in [2.75, 3.05) is 29.0 Å². The molecule has 0 radical (unpaired) electrons. The molecule has 0 fully saturated rings. The Morgan fingerprint density at radius 1 is 1.53 bits per heavy atom. The van der Waals surface area contributed by atoms with Crippen LogP contribution < -0.4 is 14.4 Å². The first-order chi connectivity index (χ1) is 9.38. The zero-order valence-corrected chi connectivity index (χ0v) is 11.5. The van der Waals surface area contributed by atoms with Crippen LogP contribution in [0.4, 0.5) is 11.4 Å². The molecule has 6 heteroatoms. The number of aromatic nitrogens is 2. The lowest BCUT2D eigenvalue weighted by atomic mass is 10.2. The van der Waals surface area contributed by atoms with E-state index < -0.39 is 0 Å². The van der Waals surface area contributed by atoms with Crippen molar-refractivity contribution in [3.8, 4) is 5.75 Å². The van der Waals surface area contributed by atoms with Crippen LogP contribution >= 0.6 is 11.9 Å². The average Bonchev–Trinajstić information content (AvgIpc) is 2.92. The number of H-pyrrole nitrogens is 1. The number of nitrogens with zero attached hydrogens (tertiary/aromatic N) is 2. The molecular weight excluding hydrogens is 260 g/mol. The van der Waals surface area contributed by atoms with Crippen LogP contribution in [0.3, 0.4) is 0 Å². The molecule has 5 nitrogen and oxygen atoms in total. The Morgan fingerprint density at radius 2 is 2.47 bits per heavy atom. The second kappa shape index (κ2) is 5.44. The summed E-state index contributed by atoms with van der Waals surface area (Å²) < 4.78 is 9.06. The van der Waals surface area contributed by atoms with E-state index in [0.29, 0.717) is 6.61 Å². The third-order valence-corrected chi connectivity index (χ3v) is 3.49. The molecule has 2 aromatic rings. The fourth-order valence-electron chi connectivity index (χ4n) is 2.27. The van der Waals surface area contributed by atoms with Gasteiger partial charge in [-0.05, 0) is 12.1 Å². The summed E-state index contributed by atoms with van der Waals surface area (Å²) in [5, 5.41) is 0. The number of rotatable bonds is 4. The number of hydrogen-bond donors (Lipinski definition) is 2. The molecule has 0 amide bonds. The minimum Gasteiger partial charge on any atom is -0.489 e. The Kier molecular flexibility index (Phi) is 3.50. The first-order valence-electron chi connectivity index (χ1n) is 6.15. The number of imidazole rings is 1. The molecule has 0 unspecified atom stereocenters. The molecule has 2 N–H and O–H groups in total. The van der Waals surface area contributed by atoms with Gasteiger partial charge < -0.3 is 19.3 Å². The topological polar surface area (TPSA) is 53.2 Å². The Morgan fingerprint density at radius 3 is 3.26 bits per heavy atom. The first-order valence-corrected chi connectivity index (χ1v) is 7.38. The summed E-state index contributed by atoms with van der Waals surface area (Å²) in [6, 6.07) is 6.10. The van der Waals surface area contributed by atoms with E-state index in [4.69, 9.17) is 4.74 Å². The number of para-hydroxylation sites is 1. The highest BCUT2D eigenvalue weighted by Gasteiger charge is 2.21. The first kappa shape index (κ1) is 12.2. The SMILES string of the molecule is CSNc1cccc2c1N(Cc1cnc[nH]1)CCO2. The maximum atomic E-state index is 5.74. The largest absolute Gasteiger partial charge is 0.489 e. The van der Waals surface area contributed by atoms with Crippen LogP contribution in [0.25, 0.3) is 0 Å². The summed E-state index contributed by atoms with van der Waals surface area (Å²) >= 11 is 1.59. The van der Waals surface area contributed by atoms with Crippen LogP contribution in [0.5, 0.6) is 5.75 Å². The Labute approximate surface area is 116 Å². The molecular formula is C13H16N4OS. The molecule has 0 spiro atoms. The molecule has 0 saturated carbocycles. The fourth-order valence-corrected chi connectivity index (χ4v) is 2.65. The lowest BCUT2D eigenvalue weighted by molar-refractivity contribution is 0.307. The minimum absolute atomic E-state index is 0.712. The number of ether oxygens (including phenoxy) is 1. The average molecular weight is 276 g/mol. The molecule has 0 aliphatic carbocycles. The summed E-state index contributed by atoms with van der Waals surface area (Å²) in [5.74, 6) is 0.935. The van der Waals surface area contributed by atoms with Gasteiger partial charge in [-0.3, -0.25) is 0 Å². The van der Waals surface area contributed by atoms with Crippen LogP contribution in [0.15, 0.2) is 30.7 Å². The van der Waals surface area contributed by atoms with Gasteiger partial charge in [0.2, 0.25) is 0 Å². The minimum atomic E-state index is 0.712. The molecule has 1 aliphatic rings. The maximum absolute atomic E-state index is 5.74. The molecule has 0 bridgehead atoms. The van der Waals surface area contributed by atoms with Crippen molar-refractivity contribution in [3.63, 3.8) is 0 Å². The van der Waals surface area contributed by atoms with E-state index in [1.54, 1.807) is 18.3 Å². The number of aromatic amines is 1. The number of anilines is 2. The summed E-state index contributed by atoms with van der Waals surface area (Å²) in [7, 11) is 0. The molecule has 1 aromatic heterocycles. The van der Waals surface area contributed by atoms with Gasteiger partial charge in [-0.2, -0.15) is 0 Å². The Hall–Kier alpha value is -1.82. The number of hydrogen-bond acceptors (Lipinski definition) is 5. The fraction of sp³-hybridized carbons (Fsp3) is 0.308. The normalized spacial score (nSPS) is 13.8. The van der Waals surface area contributed by atoms with Crippen molar-refractivity contribution < 1.29 is 4.74 Å². The Balaban J connectivity index is 1.93. The van der Waals surface area contributed by atoms with Crippen molar-refractivity contribution in [1.82, 2.24) is 9.97 Å². The number of fused-ring (bicyclic) bond motifs is 1. The van der Waals surface area contributed by atoms with Crippen molar-refractivity contribution in [1.29, 1.82) is 0 Å². The van der Waals surface area contributed by atoms with Crippen molar-refractivity contribution in [3.05, 3.63) is 36.4 Å². The van der Waals surface area contributed by atoms with Crippen molar-refractivity contribution >= 4 is 23.3 Å². The van der Waals surface area contributed by atoms with E-state index in [1.165, 1.54) is 0 Å². The van der Waals surface area contributed by atoms with E-state index in [1.807, 2.05) is 24.6 Å². The lowest BCUT2D eigenvalue weighted by Crippen LogP contribution is -2.32. The van der Waals surface area contributed by atoms with E-state index >= 15 is 0 Å². The standard InChI is InChI=1S/C13H16N4OS/c1-19-16-11-3-2-4-12-13(11)17(5-6-18-12)8-10-7-14-9-15-10/h2-4,7,9,16H,5-6,8H2,1H3,(H,14,15). The van der Waals surface area contributed by atoms with Gasteiger partial charge in [-0.15, -0.1) is 0 Å². The van der Waals surface area contributed by atoms with Gasteiger partial charge in [0.15, 0.2) is 0 Å². The van der Waals surface area contributed by atoms with Crippen LogP contribution in [0.1, 0.15) is 5.69 Å². The van der Waals surface area contributed by atoms with Crippen molar-refractivity contribution in [2.45, 2.75) is 6.54 Å².